The van der Waals surface area contributed by atoms with Crippen molar-refractivity contribution in [3.8, 4) is 17.7 Å². The predicted octanol–water partition coefficient (Wildman–Crippen LogP) is 1.69. The van der Waals surface area contributed by atoms with Crippen molar-refractivity contribution < 1.29 is 9.53 Å². The maximum atomic E-state index is 10.7. The first-order chi connectivity index (χ1) is 8.13. The summed E-state index contributed by atoms with van der Waals surface area (Å²) in [6, 6.07) is 1.72. The van der Waals surface area contributed by atoms with Crippen molar-refractivity contribution in [3.63, 3.8) is 0 Å². The lowest BCUT2D eigenvalue weighted by atomic mass is 10.2. The molecule has 1 heterocycles. The molecule has 17 heavy (non-hydrogen) atoms. The van der Waals surface area contributed by atoms with Crippen molar-refractivity contribution in [2.24, 2.45) is 0 Å². The summed E-state index contributed by atoms with van der Waals surface area (Å²) in [7, 11) is 1.52. The zero-order valence-electron chi connectivity index (χ0n) is 9.82. The topological polar surface area (TPSA) is 65.2 Å². The Morgan fingerprint density at radius 2 is 2.41 bits per heavy atom. The van der Waals surface area contributed by atoms with E-state index in [1.807, 2.05) is 0 Å². The third kappa shape index (κ3) is 4.79. The van der Waals surface area contributed by atoms with Gasteiger partial charge in [-0.25, -0.2) is 4.98 Å². The van der Waals surface area contributed by atoms with Crippen molar-refractivity contribution in [1.29, 1.82) is 0 Å². The first-order valence-corrected chi connectivity index (χ1v) is 6.03. The first kappa shape index (κ1) is 13.4. The Hall–Kier alpha value is -1.67. The fourth-order valence-corrected chi connectivity index (χ4v) is 1.61. The van der Waals surface area contributed by atoms with Gasteiger partial charge in [-0.2, -0.15) is 0 Å². The number of ether oxygens (including phenoxy) is 1. The van der Waals surface area contributed by atoms with Crippen molar-refractivity contribution in [2.45, 2.75) is 13.3 Å². The molecule has 0 atom stereocenters. The van der Waals surface area contributed by atoms with Crippen molar-refractivity contribution >= 4 is 22.6 Å². The van der Waals surface area contributed by atoms with Crippen LogP contribution in [0.15, 0.2) is 12.3 Å². The van der Waals surface area contributed by atoms with Gasteiger partial charge in [-0.15, -0.1) is 0 Å². The molecule has 0 bridgehead atoms. The second-order valence-electron chi connectivity index (χ2n) is 3.21. The Morgan fingerprint density at radius 3 is 3.00 bits per heavy atom. The predicted molar refractivity (Wildman–Crippen MR) is 69.8 cm³/mol. The summed E-state index contributed by atoms with van der Waals surface area (Å²) in [5, 5.41) is 0.113. The van der Waals surface area contributed by atoms with Gasteiger partial charge in [0.2, 0.25) is 5.88 Å². The number of aromatic nitrogens is 1. The Kier molecular flexibility index (Phi) is 5.37. The molecule has 90 valence electrons. The molecule has 0 saturated carbocycles. The number of nitrogens with zero attached hydrogens (tertiary/aromatic N) is 1. The van der Waals surface area contributed by atoms with Crippen LogP contribution in [0.25, 0.3) is 0 Å². The molecule has 1 aromatic heterocycles. The Labute approximate surface area is 105 Å². The molecule has 0 unspecified atom stereocenters. The van der Waals surface area contributed by atoms with Crippen LogP contribution < -0.4 is 10.5 Å². The first-order valence-electron chi connectivity index (χ1n) is 5.05. The number of thioether (sulfide) groups is 1. The Balaban J connectivity index is 2.54. The van der Waals surface area contributed by atoms with Crippen LogP contribution in [-0.4, -0.2) is 23.0 Å². The molecule has 1 rings (SSSR count). The van der Waals surface area contributed by atoms with Gasteiger partial charge in [0.05, 0.1) is 12.8 Å². The second-order valence-corrected chi connectivity index (χ2v) is 4.49. The number of rotatable bonds is 3. The highest BCUT2D eigenvalue weighted by molar-refractivity contribution is 8.13. The second kappa shape index (κ2) is 6.81. The summed E-state index contributed by atoms with van der Waals surface area (Å²) >= 11 is 1.27. The summed E-state index contributed by atoms with van der Waals surface area (Å²) in [6.45, 7) is 1.55. The van der Waals surface area contributed by atoms with Gasteiger partial charge in [-0.3, -0.25) is 4.79 Å². The minimum Gasteiger partial charge on any atom is -0.480 e. The number of methoxy groups -OCH3 is 1. The lowest BCUT2D eigenvalue weighted by molar-refractivity contribution is -0.109. The standard InChI is InChI=1S/C12H14N2O2S/c1-9(15)17-6-4-3-5-10-7-11(13)12(16-2)14-8-10/h7-8H,4,6,13H2,1-2H3. The van der Waals surface area contributed by atoms with Crippen LogP contribution in [0.5, 0.6) is 5.88 Å². The van der Waals surface area contributed by atoms with E-state index < -0.39 is 0 Å². The molecule has 0 spiro atoms. The van der Waals surface area contributed by atoms with E-state index in [0.29, 0.717) is 23.7 Å². The molecule has 0 aliphatic heterocycles. The average Bonchev–Trinajstić information content (AvgIpc) is 2.28. The largest absolute Gasteiger partial charge is 0.480 e. The van der Waals surface area contributed by atoms with Gasteiger partial charge in [-0.05, 0) is 6.07 Å². The quantitative estimate of drug-likeness (QED) is 0.653. The van der Waals surface area contributed by atoms with Crippen molar-refractivity contribution in [2.75, 3.05) is 18.6 Å². The Morgan fingerprint density at radius 1 is 1.65 bits per heavy atom. The molecule has 5 heteroatoms. The van der Waals surface area contributed by atoms with E-state index in [0.717, 1.165) is 5.56 Å². The van der Waals surface area contributed by atoms with Crippen molar-refractivity contribution in [1.82, 2.24) is 4.98 Å². The molecule has 4 nitrogen and oxygen atoms in total. The van der Waals surface area contributed by atoms with Crippen LogP contribution >= 0.6 is 11.8 Å². The highest BCUT2D eigenvalue weighted by Crippen LogP contribution is 2.17. The van der Waals surface area contributed by atoms with Crippen LogP contribution in [0.2, 0.25) is 0 Å². The average molecular weight is 250 g/mol. The molecular weight excluding hydrogens is 236 g/mol. The smallest absolute Gasteiger partial charge is 0.236 e. The lowest BCUT2D eigenvalue weighted by Gasteiger charge is -2.01. The monoisotopic (exact) mass is 250 g/mol. The van der Waals surface area contributed by atoms with Gasteiger partial charge in [0.15, 0.2) is 5.12 Å². The number of pyridine rings is 1. The number of hydrogen-bond donors (Lipinski definition) is 1. The number of nitrogen functional groups attached to an aromatic ring is 1. The maximum absolute atomic E-state index is 10.7. The molecule has 0 aromatic carbocycles. The van der Waals surface area contributed by atoms with Crippen molar-refractivity contribution in [3.05, 3.63) is 17.8 Å². The molecule has 0 radical (unpaired) electrons. The van der Waals surface area contributed by atoms with Gasteiger partial charge in [0.25, 0.3) is 0 Å². The van der Waals surface area contributed by atoms with E-state index in [9.17, 15) is 4.79 Å². The summed E-state index contributed by atoms with van der Waals surface area (Å²) in [4.78, 5) is 14.7. The fraction of sp³-hybridized carbons (Fsp3) is 0.333. The van der Waals surface area contributed by atoms with Gasteiger partial charge in [0, 0.05) is 30.9 Å². The van der Waals surface area contributed by atoms with E-state index in [4.69, 9.17) is 10.5 Å². The number of hydrogen-bond acceptors (Lipinski definition) is 5. The summed E-state index contributed by atoms with van der Waals surface area (Å²) in [6.07, 6.45) is 2.27. The van der Waals surface area contributed by atoms with Gasteiger partial charge >= 0.3 is 0 Å². The molecule has 0 aliphatic carbocycles. The zero-order valence-corrected chi connectivity index (χ0v) is 10.6. The van der Waals surface area contributed by atoms with Crippen LogP contribution in [0, 0.1) is 11.8 Å². The van der Waals surface area contributed by atoms with Gasteiger partial charge in [0.1, 0.15) is 0 Å². The molecule has 1 aromatic rings. The minimum atomic E-state index is 0.113. The molecule has 2 N–H and O–H groups in total. The van der Waals surface area contributed by atoms with Gasteiger partial charge in [-0.1, -0.05) is 23.6 Å². The summed E-state index contributed by atoms with van der Waals surface area (Å²) in [5.41, 5.74) is 6.91. The molecule has 0 fully saturated rings. The summed E-state index contributed by atoms with van der Waals surface area (Å²) in [5.74, 6) is 7.02. The Bertz CT molecular complexity index is 463. The highest BCUT2D eigenvalue weighted by atomic mass is 32.2. The maximum Gasteiger partial charge on any atom is 0.236 e. The SMILES string of the molecule is COc1ncc(C#CCCSC(C)=O)cc1N. The van der Waals surface area contributed by atoms with E-state index in [2.05, 4.69) is 16.8 Å². The van der Waals surface area contributed by atoms with E-state index in [-0.39, 0.29) is 5.12 Å². The normalized spacial score (nSPS) is 9.29. The lowest BCUT2D eigenvalue weighted by Crippen LogP contribution is -1.95. The molecular formula is C12H14N2O2S. The number of carbonyl (C=O) groups is 1. The van der Waals surface area contributed by atoms with Crippen LogP contribution in [-0.2, 0) is 4.79 Å². The summed E-state index contributed by atoms with van der Waals surface area (Å²) < 4.78 is 4.94. The van der Waals surface area contributed by atoms with Crippen LogP contribution in [0.3, 0.4) is 0 Å². The van der Waals surface area contributed by atoms with E-state index in [1.165, 1.54) is 18.9 Å². The number of carbonyl (C=O) groups excluding carboxylic acids is 1. The zero-order chi connectivity index (χ0) is 12.7. The highest BCUT2D eigenvalue weighted by Gasteiger charge is 1.99. The van der Waals surface area contributed by atoms with Gasteiger partial charge < -0.3 is 10.5 Å². The number of nitrogens with two attached hydrogens (primary N) is 1. The molecule has 0 aliphatic rings. The van der Waals surface area contributed by atoms with E-state index >= 15 is 0 Å². The minimum absolute atomic E-state index is 0.113. The third-order valence-corrected chi connectivity index (χ3v) is 2.65. The fourth-order valence-electron chi connectivity index (χ4n) is 1.12. The van der Waals surface area contributed by atoms with E-state index in [1.54, 1.807) is 19.2 Å². The van der Waals surface area contributed by atoms with Crippen LogP contribution in [0.4, 0.5) is 5.69 Å². The molecule has 0 saturated heterocycles. The third-order valence-electron chi connectivity index (χ3n) is 1.84. The number of anilines is 1. The molecule has 0 amide bonds. The van der Waals surface area contributed by atoms with Crippen LogP contribution in [0.1, 0.15) is 18.9 Å².